The quantitative estimate of drug-likeness (QED) is 0.768. The second kappa shape index (κ2) is 7.25. The molecule has 0 aliphatic rings. The van der Waals surface area contributed by atoms with Crippen molar-refractivity contribution >= 4 is 0 Å². The minimum absolute atomic E-state index is 0.197. The summed E-state index contributed by atoms with van der Waals surface area (Å²) in [7, 11) is 1.52. The lowest BCUT2D eigenvalue weighted by molar-refractivity contribution is 0.276. The molecule has 1 rings (SSSR count). The summed E-state index contributed by atoms with van der Waals surface area (Å²) in [5.74, 6) is 0.269. The maximum Gasteiger partial charge on any atom is 0.131 e. The standard InChI is InChI=1S/C13H20FNO2/c1-10(4-3-7-16)15-9-11-5-6-12(17-2)8-13(11)14/h5-6,8,10,15-16H,3-4,7,9H2,1-2H3. The molecule has 3 nitrogen and oxygen atoms in total. The maximum absolute atomic E-state index is 13.6. The van der Waals surface area contributed by atoms with E-state index in [-0.39, 0.29) is 18.5 Å². The van der Waals surface area contributed by atoms with E-state index in [1.54, 1.807) is 12.1 Å². The largest absolute Gasteiger partial charge is 0.497 e. The lowest BCUT2D eigenvalue weighted by Gasteiger charge is -2.13. The van der Waals surface area contributed by atoms with Gasteiger partial charge in [0.2, 0.25) is 0 Å². The van der Waals surface area contributed by atoms with E-state index < -0.39 is 0 Å². The second-order valence-corrected chi connectivity index (χ2v) is 4.11. The number of benzene rings is 1. The Labute approximate surface area is 102 Å². The molecule has 0 amide bonds. The van der Waals surface area contributed by atoms with Gasteiger partial charge in [0.05, 0.1) is 7.11 Å². The lowest BCUT2D eigenvalue weighted by atomic mass is 10.1. The van der Waals surface area contributed by atoms with Crippen LogP contribution in [0.4, 0.5) is 4.39 Å². The average molecular weight is 241 g/mol. The number of nitrogens with one attached hydrogen (secondary N) is 1. The van der Waals surface area contributed by atoms with Crippen molar-refractivity contribution in [3.8, 4) is 5.75 Å². The van der Waals surface area contributed by atoms with Gasteiger partial charge in [0.25, 0.3) is 0 Å². The smallest absolute Gasteiger partial charge is 0.131 e. The van der Waals surface area contributed by atoms with E-state index in [0.717, 1.165) is 12.8 Å². The van der Waals surface area contributed by atoms with E-state index in [1.165, 1.54) is 13.2 Å². The second-order valence-electron chi connectivity index (χ2n) is 4.11. The van der Waals surface area contributed by atoms with Crippen molar-refractivity contribution in [1.29, 1.82) is 0 Å². The number of aliphatic hydroxyl groups excluding tert-OH is 1. The Bertz CT molecular complexity index is 344. The fourth-order valence-corrected chi connectivity index (χ4v) is 1.58. The highest BCUT2D eigenvalue weighted by molar-refractivity contribution is 5.28. The molecule has 1 unspecified atom stereocenters. The van der Waals surface area contributed by atoms with Gasteiger partial charge in [0.15, 0.2) is 0 Å². The van der Waals surface area contributed by atoms with Crippen LogP contribution >= 0.6 is 0 Å². The van der Waals surface area contributed by atoms with Crippen molar-refractivity contribution < 1.29 is 14.2 Å². The van der Waals surface area contributed by atoms with Crippen LogP contribution < -0.4 is 10.1 Å². The van der Waals surface area contributed by atoms with Crippen LogP contribution in [0.3, 0.4) is 0 Å². The summed E-state index contributed by atoms with van der Waals surface area (Å²) in [5.41, 5.74) is 0.627. The lowest BCUT2D eigenvalue weighted by Crippen LogP contribution is -2.26. The third-order valence-corrected chi connectivity index (χ3v) is 2.70. The van der Waals surface area contributed by atoms with E-state index in [2.05, 4.69) is 5.32 Å². The summed E-state index contributed by atoms with van der Waals surface area (Å²) < 4.78 is 18.5. The number of hydrogen-bond donors (Lipinski definition) is 2. The van der Waals surface area contributed by atoms with Gasteiger partial charge in [-0.3, -0.25) is 0 Å². The molecule has 1 aromatic carbocycles. The van der Waals surface area contributed by atoms with E-state index in [1.807, 2.05) is 6.92 Å². The summed E-state index contributed by atoms with van der Waals surface area (Å²) in [6, 6.07) is 5.12. The number of aliphatic hydroxyl groups is 1. The molecule has 0 heterocycles. The van der Waals surface area contributed by atoms with E-state index in [0.29, 0.717) is 17.9 Å². The molecule has 17 heavy (non-hydrogen) atoms. The molecule has 96 valence electrons. The highest BCUT2D eigenvalue weighted by Crippen LogP contribution is 2.16. The van der Waals surface area contributed by atoms with Gasteiger partial charge in [-0.25, -0.2) is 4.39 Å². The normalized spacial score (nSPS) is 12.5. The third kappa shape index (κ3) is 4.71. The summed E-state index contributed by atoms with van der Waals surface area (Å²) in [6.45, 7) is 2.71. The van der Waals surface area contributed by atoms with Gasteiger partial charge < -0.3 is 15.2 Å². The van der Waals surface area contributed by atoms with E-state index in [9.17, 15) is 4.39 Å². The monoisotopic (exact) mass is 241 g/mol. The van der Waals surface area contributed by atoms with Gasteiger partial charge in [0, 0.05) is 30.8 Å². The first kappa shape index (κ1) is 13.9. The first-order valence-corrected chi connectivity index (χ1v) is 5.84. The van der Waals surface area contributed by atoms with Crippen LogP contribution in [-0.2, 0) is 6.54 Å². The van der Waals surface area contributed by atoms with Gasteiger partial charge in [-0.05, 0) is 25.8 Å². The number of halogens is 1. The Balaban J connectivity index is 2.46. The Morgan fingerprint density at radius 1 is 1.47 bits per heavy atom. The summed E-state index contributed by atoms with van der Waals surface area (Å²) >= 11 is 0. The Morgan fingerprint density at radius 3 is 2.82 bits per heavy atom. The molecule has 0 saturated heterocycles. The van der Waals surface area contributed by atoms with Crippen molar-refractivity contribution in [2.75, 3.05) is 13.7 Å². The fraction of sp³-hybridized carbons (Fsp3) is 0.538. The number of hydrogen-bond acceptors (Lipinski definition) is 3. The van der Waals surface area contributed by atoms with Gasteiger partial charge in [-0.2, -0.15) is 0 Å². The first-order valence-electron chi connectivity index (χ1n) is 5.84. The van der Waals surface area contributed by atoms with Crippen LogP contribution in [0.2, 0.25) is 0 Å². The molecule has 0 aliphatic carbocycles. The minimum atomic E-state index is -0.258. The van der Waals surface area contributed by atoms with Crippen LogP contribution in [0.1, 0.15) is 25.3 Å². The van der Waals surface area contributed by atoms with Crippen LogP contribution in [0, 0.1) is 5.82 Å². The summed E-state index contributed by atoms with van der Waals surface area (Å²) in [4.78, 5) is 0. The molecule has 2 N–H and O–H groups in total. The molecule has 0 bridgehead atoms. The molecule has 1 atom stereocenters. The highest BCUT2D eigenvalue weighted by atomic mass is 19.1. The Hall–Kier alpha value is -1.13. The first-order chi connectivity index (χ1) is 8.17. The average Bonchev–Trinajstić information content (AvgIpc) is 2.34. The molecule has 1 aromatic rings. The van der Waals surface area contributed by atoms with Gasteiger partial charge in [-0.1, -0.05) is 6.07 Å². The maximum atomic E-state index is 13.6. The zero-order chi connectivity index (χ0) is 12.7. The number of rotatable bonds is 7. The van der Waals surface area contributed by atoms with Crippen molar-refractivity contribution in [2.24, 2.45) is 0 Å². The summed E-state index contributed by atoms with van der Waals surface area (Å²) in [5, 5.41) is 11.9. The topological polar surface area (TPSA) is 41.5 Å². The van der Waals surface area contributed by atoms with Crippen LogP contribution in [-0.4, -0.2) is 24.9 Å². The van der Waals surface area contributed by atoms with Crippen molar-refractivity contribution in [3.63, 3.8) is 0 Å². The van der Waals surface area contributed by atoms with Crippen molar-refractivity contribution in [3.05, 3.63) is 29.6 Å². The van der Waals surface area contributed by atoms with E-state index in [4.69, 9.17) is 9.84 Å². The predicted molar refractivity (Wildman–Crippen MR) is 65.6 cm³/mol. The Morgan fingerprint density at radius 2 is 2.24 bits per heavy atom. The molecule has 4 heteroatoms. The zero-order valence-electron chi connectivity index (χ0n) is 10.4. The van der Waals surface area contributed by atoms with Crippen LogP contribution in [0.15, 0.2) is 18.2 Å². The summed E-state index contributed by atoms with van der Waals surface area (Å²) in [6.07, 6.45) is 1.65. The fourth-order valence-electron chi connectivity index (χ4n) is 1.58. The molecule has 0 radical (unpaired) electrons. The van der Waals surface area contributed by atoms with Gasteiger partial charge in [-0.15, -0.1) is 0 Å². The van der Waals surface area contributed by atoms with Crippen molar-refractivity contribution in [2.45, 2.75) is 32.4 Å². The van der Waals surface area contributed by atoms with Gasteiger partial charge >= 0.3 is 0 Å². The number of ether oxygens (including phenoxy) is 1. The minimum Gasteiger partial charge on any atom is -0.497 e. The molecular weight excluding hydrogens is 221 g/mol. The zero-order valence-corrected chi connectivity index (χ0v) is 10.4. The predicted octanol–water partition coefficient (Wildman–Crippen LogP) is 2.08. The van der Waals surface area contributed by atoms with Crippen LogP contribution in [0.25, 0.3) is 0 Å². The molecule has 0 fully saturated rings. The van der Waals surface area contributed by atoms with E-state index >= 15 is 0 Å². The van der Waals surface area contributed by atoms with Crippen molar-refractivity contribution in [1.82, 2.24) is 5.32 Å². The highest BCUT2D eigenvalue weighted by Gasteiger charge is 2.06. The molecule has 0 spiro atoms. The van der Waals surface area contributed by atoms with Gasteiger partial charge in [0.1, 0.15) is 11.6 Å². The third-order valence-electron chi connectivity index (χ3n) is 2.70. The molecule has 0 saturated carbocycles. The number of methoxy groups -OCH3 is 1. The molecule has 0 aromatic heterocycles. The van der Waals surface area contributed by atoms with Crippen LogP contribution in [0.5, 0.6) is 5.75 Å². The SMILES string of the molecule is COc1ccc(CNC(C)CCCO)c(F)c1. The Kier molecular flexibility index (Phi) is 5.94. The molecular formula is C13H20FNO2. The molecule has 0 aliphatic heterocycles.